The molecule has 0 N–H and O–H groups in total. The Morgan fingerprint density at radius 1 is 0.781 bits per heavy atom. The van der Waals surface area contributed by atoms with Crippen molar-refractivity contribution in [3.05, 3.63) is 108 Å². The Balaban J connectivity index is 1.62. The summed E-state index contributed by atoms with van der Waals surface area (Å²) < 4.78 is 11.5. The summed E-state index contributed by atoms with van der Waals surface area (Å²) >= 11 is 0. The molecule has 5 aromatic rings. The van der Waals surface area contributed by atoms with Crippen molar-refractivity contribution in [3.63, 3.8) is 0 Å². The number of oxazole rings is 1. The van der Waals surface area contributed by atoms with E-state index in [-0.39, 0.29) is 0 Å². The first kappa shape index (κ1) is 19.7. The topological polar surface area (TPSA) is 35.3 Å². The van der Waals surface area contributed by atoms with E-state index in [9.17, 15) is 0 Å². The predicted molar refractivity (Wildman–Crippen MR) is 129 cm³/mol. The normalized spacial score (nSPS) is 10.6. The van der Waals surface area contributed by atoms with Crippen LogP contribution in [0.4, 0.5) is 0 Å². The SMILES string of the molecule is COc1ccc(C#Cc2ccccc2-c2cc(C)cc3nc(-c4ccccc4)oc23)cc1. The van der Waals surface area contributed by atoms with Crippen LogP contribution in [0.2, 0.25) is 0 Å². The third kappa shape index (κ3) is 3.87. The highest BCUT2D eigenvalue weighted by Crippen LogP contribution is 2.35. The van der Waals surface area contributed by atoms with E-state index in [4.69, 9.17) is 14.1 Å². The van der Waals surface area contributed by atoms with E-state index in [0.717, 1.165) is 50.2 Å². The summed E-state index contributed by atoms with van der Waals surface area (Å²) in [7, 11) is 1.66. The number of nitrogens with zero attached hydrogens (tertiary/aromatic N) is 1. The van der Waals surface area contributed by atoms with E-state index in [2.05, 4.69) is 37.0 Å². The minimum absolute atomic E-state index is 0.620. The molecule has 32 heavy (non-hydrogen) atoms. The zero-order valence-electron chi connectivity index (χ0n) is 17.9. The molecule has 154 valence electrons. The lowest BCUT2D eigenvalue weighted by molar-refractivity contribution is 0.415. The van der Waals surface area contributed by atoms with Gasteiger partial charge in [-0.1, -0.05) is 48.2 Å². The molecular weight excluding hydrogens is 394 g/mol. The summed E-state index contributed by atoms with van der Waals surface area (Å²) in [5.41, 5.74) is 7.59. The van der Waals surface area contributed by atoms with Gasteiger partial charge in [0, 0.05) is 27.8 Å². The quantitative estimate of drug-likeness (QED) is 0.301. The van der Waals surface area contributed by atoms with Gasteiger partial charge in [-0.15, -0.1) is 0 Å². The number of rotatable bonds is 3. The van der Waals surface area contributed by atoms with E-state index < -0.39 is 0 Å². The van der Waals surface area contributed by atoms with Gasteiger partial charge in [-0.05, 0) is 67.1 Å². The van der Waals surface area contributed by atoms with Crippen LogP contribution in [0.1, 0.15) is 16.7 Å². The number of ether oxygens (including phenoxy) is 1. The molecule has 5 rings (SSSR count). The lowest BCUT2D eigenvalue weighted by Gasteiger charge is -2.07. The highest BCUT2D eigenvalue weighted by molar-refractivity contribution is 5.94. The molecule has 1 aromatic heterocycles. The Kier molecular flexibility index (Phi) is 5.19. The molecule has 0 aliphatic heterocycles. The second-order valence-corrected chi connectivity index (χ2v) is 7.57. The number of hydrogen-bond acceptors (Lipinski definition) is 3. The number of aryl methyl sites for hydroxylation is 1. The first-order valence-corrected chi connectivity index (χ1v) is 10.4. The Morgan fingerprint density at radius 3 is 2.31 bits per heavy atom. The molecular formula is C29H21NO2. The standard InChI is InChI=1S/C29H21NO2/c1-20-18-26(28-27(19-20)30-29(32-28)23-9-4-3-5-10-23)25-11-7-6-8-22(25)15-12-21-13-16-24(31-2)17-14-21/h3-11,13-14,16-19H,1-2H3. The average molecular weight is 415 g/mol. The van der Waals surface area contributed by atoms with Crippen LogP contribution in [0.3, 0.4) is 0 Å². The van der Waals surface area contributed by atoms with E-state index in [0.29, 0.717) is 5.89 Å². The van der Waals surface area contributed by atoms with Crippen molar-refractivity contribution in [2.45, 2.75) is 6.92 Å². The second-order valence-electron chi connectivity index (χ2n) is 7.57. The Bertz CT molecular complexity index is 1450. The summed E-state index contributed by atoms with van der Waals surface area (Å²) in [6.45, 7) is 2.07. The third-order valence-corrected chi connectivity index (χ3v) is 5.30. The molecule has 1 heterocycles. The molecule has 3 nitrogen and oxygen atoms in total. The van der Waals surface area contributed by atoms with Crippen LogP contribution in [0.25, 0.3) is 33.7 Å². The minimum Gasteiger partial charge on any atom is -0.497 e. The highest BCUT2D eigenvalue weighted by Gasteiger charge is 2.15. The first-order valence-electron chi connectivity index (χ1n) is 10.4. The van der Waals surface area contributed by atoms with Gasteiger partial charge >= 0.3 is 0 Å². The molecule has 0 aliphatic rings. The van der Waals surface area contributed by atoms with Gasteiger partial charge in [-0.25, -0.2) is 4.98 Å². The van der Waals surface area contributed by atoms with Gasteiger partial charge in [-0.3, -0.25) is 0 Å². The molecule has 0 atom stereocenters. The van der Waals surface area contributed by atoms with Crippen LogP contribution in [0.15, 0.2) is 95.4 Å². The molecule has 0 unspecified atom stereocenters. The number of hydrogen-bond donors (Lipinski definition) is 0. The van der Waals surface area contributed by atoms with E-state index in [1.54, 1.807) is 7.11 Å². The van der Waals surface area contributed by atoms with Crippen LogP contribution in [-0.2, 0) is 0 Å². The molecule has 0 saturated heterocycles. The fraction of sp³-hybridized carbons (Fsp3) is 0.0690. The van der Waals surface area contributed by atoms with Gasteiger partial charge in [-0.2, -0.15) is 0 Å². The van der Waals surface area contributed by atoms with Crippen molar-refractivity contribution in [3.8, 4) is 40.2 Å². The first-order chi connectivity index (χ1) is 15.7. The summed E-state index contributed by atoms with van der Waals surface area (Å²) in [6, 6.07) is 30.1. The van der Waals surface area contributed by atoms with Crippen LogP contribution in [-0.4, -0.2) is 12.1 Å². The van der Waals surface area contributed by atoms with Crippen molar-refractivity contribution in [2.24, 2.45) is 0 Å². The van der Waals surface area contributed by atoms with Crippen LogP contribution in [0, 0.1) is 18.8 Å². The predicted octanol–water partition coefficient (Wildman–Crippen LogP) is 6.88. The summed E-state index contributed by atoms with van der Waals surface area (Å²) in [5, 5.41) is 0. The lowest BCUT2D eigenvalue weighted by Crippen LogP contribution is -1.87. The molecule has 0 aliphatic carbocycles. The summed E-state index contributed by atoms with van der Waals surface area (Å²) in [4.78, 5) is 4.75. The van der Waals surface area contributed by atoms with Crippen LogP contribution in [0.5, 0.6) is 5.75 Å². The van der Waals surface area contributed by atoms with E-state index >= 15 is 0 Å². The maximum atomic E-state index is 6.26. The van der Waals surface area contributed by atoms with Crippen molar-refractivity contribution < 1.29 is 9.15 Å². The second kappa shape index (κ2) is 8.45. The number of aromatic nitrogens is 1. The maximum Gasteiger partial charge on any atom is 0.227 e. The minimum atomic E-state index is 0.620. The van der Waals surface area contributed by atoms with E-state index in [1.807, 2.05) is 72.8 Å². The number of fused-ring (bicyclic) bond motifs is 1. The maximum absolute atomic E-state index is 6.26. The monoisotopic (exact) mass is 415 g/mol. The molecule has 0 bridgehead atoms. The molecule has 0 fully saturated rings. The Labute approximate surface area is 187 Å². The summed E-state index contributed by atoms with van der Waals surface area (Å²) in [6.07, 6.45) is 0. The van der Waals surface area contributed by atoms with Gasteiger partial charge in [0.05, 0.1) is 7.11 Å². The van der Waals surface area contributed by atoms with Gasteiger partial charge in [0.25, 0.3) is 0 Å². The lowest BCUT2D eigenvalue weighted by atomic mass is 9.97. The van der Waals surface area contributed by atoms with Crippen LogP contribution < -0.4 is 4.74 Å². The fourth-order valence-corrected chi connectivity index (χ4v) is 3.72. The van der Waals surface area contributed by atoms with Crippen LogP contribution >= 0.6 is 0 Å². The molecule has 4 aromatic carbocycles. The molecule has 0 radical (unpaired) electrons. The molecule has 0 spiro atoms. The number of methoxy groups -OCH3 is 1. The average Bonchev–Trinajstić information content (AvgIpc) is 3.27. The van der Waals surface area contributed by atoms with E-state index in [1.165, 1.54) is 0 Å². The highest BCUT2D eigenvalue weighted by atomic mass is 16.5. The third-order valence-electron chi connectivity index (χ3n) is 5.30. The van der Waals surface area contributed by atoms with Crippen molar-refractivity contribution in [1.82, 2.24) is 4.98 Å². The van der Waals surface area contributed by atoms with Crippen molar-refractivity contribution >= 4 is 11.1 Å². The molecule has 0 amide bonds. The molecule has 0 saturated carbocycles. The van der Waals surface area contributed by atoms with Crippen molar-refractivity contribution in [2.75, 3.05) is 7.11 Å². The van der Waals surface area contributed by atoms with Gasteiger partial charge in [0.15, 0.2) is 5.58 Å². The zero-order chi connectivity index (χ0) is 21.9. The fourth-order valence-electron chi connectivity index (χ4n) is 3.72. The largest absolute Gasteiger partial charge is 0.497 e. The number of benzene rings is 4. The Hall–Kier alpha value is -4.29. The Morgan fingerprint density at radius 2 is 1.53 bits per heavy atom. The van der Waals surface area contributed by atoms with Gasteiger partial charge < -0.3 is 9.15 Å². The van der Waals surface area contributed by atoms with Gasteiger partial charge in [0.1, 0.15) is 11.3 Å². The summed E-state index contributed by atoms with van der Waals surface area (Å²) in [5.74, 6) is 8.04. The zero-order valence-corrected chi connectivity index (χ0v) is 17.9. The van der Waals surface area contributed by atoms with Gasteiger partial charge in [0.2, 0.25) is 5.89 Å². The smallest absolute Gasteiger partial charge is 0.227 e. The van der Waals surface area contributed by atoms with Crippen molar-refractivity contribution in [1.29, 1.82) is 0 Å². The molecule has 3 heteroatoms.